The largest absolute Gasteiger partial charge is 0.460 e. The van der Waals surface area contributed by atoms with Crippen LogP contribution in [0.1, 0.15) is 59.8 Å². The van der Waals surface area contributed by atoms with Crippen molar-refractivity contribution < 1.29 is 14.5 Å². The Morgan fingerprint density at radius 2 is 2.14 bits per heavy atom. The number of ether oxygens (including phenoxy) is 1. The van der Waals surface area contributed by atoms with Crippen molar-refractivity contribution in [1.29, 1.82) is 0 Å². The van der Waals surface area contributed by atoms with Crippen molar-refractivity contribution in [1.82, 2.24) is 0 Å². The second kappa shape index (κ2) is 6.70. The number of carbonyl (C=O) groups is 1. The minimum atomic E-state index is -0.584. The molecule has 4 aliphatic carbocycles. The molecule has 0 aliphatic heterocycles. The molecule has 0 heterocycles. The number of rotatable bonds is 6. The molecule has 5 nitrogen and oxygen atoms in total. The number of hydrogen-bond donors (Lipinski definition) is 0. The van der Waals surface area contributed by atoms with Gasteiger partial charge in [0.25, 0.3) is 0 Å². The summed E-state index contributed by atoms with van der Waals surface area (Å²) in [6, 6.07) is 0. The first-order valence-corrected chi connectivity index (χ1v) is 10.9. The zero-order valence-corrected chi connectivity index (χ0v) is 17.5. The number of fused-ring (bicyclic) bond motifs is 2. The average molecular weight is 388 g/mol. The standard InChI is InChI=1S/C23H33NO4/c1-5-14-9-16-12-23(13-24(26)27,19(16)10-14)20(21(25)28-22(2,3)4)18-11-15-7-6-8-17(15)18/h6,8,10,15-20H,5,7,9,11-13H2,1-4H3/t15?,16-,17?,18?,19-,20?,23+/m1/s1. The first kappa shape index (κ1) is 19.7. The SMILES string of the molecule is CCC1=C[C@@H]2[C@H](C1)C[C@@]2(C[N+](=O)[O-])C(C(=O)OC(C)(C)C)C1CC2CC=CC21. The molecule has 0 aromatic carbocycles. The molecule has 28 heavy (non-hydrogen) atoms. The maximum Gasteiger partial charge on any atom is 0.310 e. The van der Waals surface area contributed by atoms with Crippen LogP contribution in [0.4, 0.5) is 0 Å². The van der Waals surface area contributed by atoms with Crippen LogP contribution in [-0.2, 0) is 9.53 Å². The van der Waals surface area contributed by atoms with Crippen LogP contribution in [0.2, 0.25) is 0 Å². The first-order chi connectivity index (χ1) is 13.1. The quantitative estimate of drug-likeness (QED) is 0.284. The van der Waals surface area contributed by atoms with Crippen LogP contribution in [0.3, 0.4) is 0 Å². The minimum absolute atomic E-state index is 0.122. The van der Waals surface area contributed by atoms with Gasteiger partial charge in [-0.25, -0.2) is 0 Å². The molecule has 4 unspecified atom stereocenters. The van der Waals surface area contributed by atoms with Crippen LogP contribution < -0.4 is 0 Å². The fourth-order valence-electron chi connectivity index (χ4n) is 6.67. The van der Waals surface area contributed by atoms with Gasteiger partial charge in [-0.3, -0.25) is 14.9 Å². The van der Waals surface area contributed by atoms with E-state index in [0.29, 0.717) is 17.8 Å². The summed E-state index contributed by atoms with van der Waals surface area (Å²) in [6.07, 6.45) is 11.6. The van der Waals surface area contributed by atoms with Crippen molar-refractivity contribution in [3.8, 4) is 0 Å². The predicted octanol–water partition coefficient (Wildman–Crippen LogP) is 4.80. The van der Waals surface area contributed by atoms with Gasteiger partial charge in [-0.2, -0.15) is 0 Å². The molecule has 0 aromatic rings. The number of esters is 1. The molecular formula is C23H33NO4. The van der Waals surface area contributed by atoms with Crippen molar-refractivity contribution in [3.63, 3.8) is 0 Å². The molecule has 7 atom stereocenters. The lowest BCUT2D eigenvalue weighted by Gasteiger charge is -2.58. The van der Waals surface area contributed by atoms with Crippen LogP contribution >= 0.6 is 0 Å². The van der Waals surface area contributed by atoms with Gasteiger partial charge in [0.05, 0.1) is 11.3 Å². The summed E-state index contributed by atoms with van der Waals surface area (Å²) < 4.78 is 5.86. The highest BCUT2D eigenvalue weighted by molar-refractivity contribution is 5.75. The van der Waals surface area contributed by atoms with Crippen LogP contribution in [0.15, 0.2) is 23.8 Å². The number of allylic oxidation sites excluding steroid dienone is 4. The van der Waals surface area contributed by atoms with Gasteiger partial charge in [-0.1, -0.05) is 30.7 Å². The molecule has 2 fully saturated rings. The highest BCUT2D eigenvalue weighted by atomic mass is 16.6. The van der Waals surface area contributed by atoms with E-state index in [2.05, 4.69) is 25.2 Å². The highest BCUT2D eigenvalue weighted by Crippen LogP contribution is 2.66. The zero-order valence-electron chi connectivity index (χ0n) is 17.5. The van der Waals surface area contributed by atoms with E-state index in [4.69, 9.17) is 4.74 Å². The lowest BCUT2D eigenvalue weighted by molar-refractivity contribution is -0.510. The second-order valence-corrected chi connectivity index (χ2v) is 10.5. The second-order valence-electron chi connectivity index (χ2n) is 10.5. The normalized spacial score (nSPS) is 39.3. The molecule has 4 aliphatic rings. The van der Waals surface area contributed by atoms with E-state index in [1.54, 1.807) is 0 Å². The Balaban J connectivity index is 1.70. The van der Waals surface area contributed by atoms with E-state index < -0.39 is 11.0 Å². The van der Waals surface area contributed by atoms with Gasteiger partial charge >= 0.3 is 5.97 Å². The molecular weight excluding hydrogens is 354 g/mol. The topological polar surface area (TPSA) is 69.4 Å². The Bertz CT molecular complexity index is 733. The Labute approximate surface area is 167 Å². The lowest BCUT2D eigenvalue weighted by Crippen LogP contribution is -2.61. The Morgan fingerprint density at radius 1 is 1.39 bits per heavy atom. The molecule has 154 valence electrons. The van der Waals surface area contributed by atoms with Crippen LogP contribution in [0.25, 0.3) is 0 Å². The molecule has 5 heteroatoms. The molecule has 0 amide bonds. The van der Waals surface area contributed by atoms with Gasteiger partial charge in [0.15, 0.2) is 0 Å². The van der Waals surface area contributed by atoms with E-state index in [1.165, 1.54) is 5.57 Å². The van der Waals surface area contributed by atoms with Crippen molar-refractivity contribution >= 4 is 5.97 Å². The Morgan fingerprint density at radius 3 is 2.75 bits per heavy atom. The summed E-state index contributed by atoms with van der Waals surface area (Å²) in [5, 5.41) is 11.7. The van der Waals surface area contributed by atoms with Crippen molar-refractivity contribution in [3.05, 3.63) is 33.9 Å². The van der Waals surface area contributed by atoms with E-state index in [1.807, 2.05) is 20.8 Å². The minimum Gasteiger partial charge on any atom is -0.460 e. The number of nitrogens with zero attached hydrogens (tertiary/aromatic N) is 1. The fourth-order valence-corrected chi connectivity index (χ4v) is 6.67. The van der Waals surface area contributed by atoms with E-state index >= 15 is 0 Å². The summed E-state index contributed by atoms with van der Waals surface area (Å²) >= 11 is 0. The Kier molecular flexibility index (Phi) is 4.71. The maximum atomic E-state index is 13.5. The number of carbonyl (C=O) groups excluding carboxylic acids is 1. The Hall–Kier alpha value is -1.65. The first-order valence-electron chi connectivity index (χ1n) is 10.9. The molecule has 0 bridgehead atoms. The van der Waals surface area contributed by atoms with Gasteiger partial charge in [0.1, 0.15) is 5.60 Å². The van der Waals surface area contributed by atoms with Crippen molar-refractivity contribution in [2.24, 2.45) is 40.9 Å². The third kappa shape index (κ3) is 3.11. The van der Waals surface area contributed by atoms with Gasteiger partial charge in [-0.05, 0) is 82.5 Å². The van der Waals surface area contributed by atoms with Crippen molar-refractivity contribution in [2.75, 3.05) is 6.54 Å². The summed E-state index contributed by atoms with van der Waals surface area (Å²) in [6.45, 7) is 7.68. The molecule has 0 N–H and O–H groups in total. The number of nitro groups is 1. The monoisotopic (exact) mass is 387 g/mol. The molecule has 4 rings (SSSR count). The molecule has 2 saturated carbocycles. The van der Waals surface area contributed by atoms with E-state index in [9.17, 15) is 14.9 Å². The van der Waals surface area contributed by atoms with Gasteiger partial charge in [-0.15, -0.1) is 0 Å². The average Bonchev–Trinajstić information content (AvgIpc) is 3.09. The summed E-state index contributed by atoms with van der Waals surface area (Å²) in [7, 11) is 0. The third-order valence-corrected chi connectivity index (χ3v) is 7.75. The molecule has 0 spiro atoms. The predicted molar refractivity (Wildman–Crippen MR) is 107 cm³/mol. The molecule has 0 aromatic heterocycles. The molecule has 0 saturated heterocycles. The van der Waals surface area contributed by atoms with Crippen LogP contribution in [0.5, 0.6) is 0 Å². The maximum absolute atomic E-state index is 13.5. The number of hydrogen-bond acceptors (Lipinski definition) is 4. The smallest absolute Gasteiger partial charge is 0.310 e. The summed E-state index contributed by atoms with van der Waals surface area (Å²) in [4.78, 5) is 25.0. The van der Waals surface area contributed by atoms with Gasteiger partial charge < -0.3 is 4.74 Å². The van der Waals surface area contributed by atoms with Gasteiger partial charge in [0, 0.05) is 4.92 Å². The van der Waals surface area contributed by atoms with E-state index in [-0.39, 0.29) is 35.2 Å². The summed E-state index contributed by atoms with van der Waals surface area (Å²) in [5.74, 6) is 1.20. The lowest BCUT2D eigenvalue weighted by atomic mass is 9.44. The summed E-state index contributed by atoms with van der Waals surface area (Å²) in [5.41, 5.74) is 0.234. The van der Waals surface area contributed by atoms with Gasteiger partial charge in [0.2, 0.25) is 6.54 Å². The van der Waals surface area contributed by atoms with Crippen molar-refractivity contribution in [2.45, 2.75) is 65.4 Å². The van der Waals surface area contributed by atoms with Crippen LogP contribution in [-0.4, -0.2) is 23.0 Å². The van der Waals surface area contributed by atoms with Crippen LogP contribution in [0, 0.1) is 51.0 Å². The highest BCUT2D eigenvalue weighted by Gasteiger charge is 2.67. The third-order valence-electron chi connectivity index (χ3n) is 7.75. The van der Waals surface area contributed by atoms with E-state index in [0.717, 1.165) is 32.1 Å². The fraction of sp³-hybridized carbons (Fsp3) is 0.783. The zero-order chi connectivity index (χ0) is 20.3. The molecule has 0 radical (unpaired) electrons.